The molecule has 0 aliphatic carbocycles. The van der Waals surface area contributed by atoms with Crippen LogP contribution in [0.4, 0.5) is 5.82 Å². The van der Waals surface area contributed by atoms with E-state index in [1.54, 1.807) is 13.0 Å². The lowest BCUT2D eigenvalue weighted by Gasteiger charge is -2.30. The van der Waals surface area contributed by atoms with Gasteiger partial charge in [0.15, 0.2) is 0 Å². The van der Waals surface area contributed by atoms with Crippen molar-refractivity contribution in [2.24, 2.45) is 0 Å². The number of piperidine rings is 1. The number of hydrogen-bond donors (Lipinski definition) is 4. The number of nitrogens with zero attached hydrogens (tertiary/aromatic N) is 2. The molecule has 3 rings (SSSR count). The van der Waals surface area contributed by atoms with Gasteiger partial charge >= 0.3 is 0 Å². The first-order chi connectivity index (χ1) is 16.4. The number of H-pyrrole nitrogens is 1. The van der Waals surface area contributed by atoms with Crippen molar-refractivity contribution < 1.29 is 13.2 Å². The van der Waals surface area contributed by atoms with E-state index >= 15 is 0 Å². The van der Waals surface area contributed by atoms with Crippen molar-refractivity contribution in [1.82, 2.24) is 19.6 Å². The number of pyridine rings is 2. The van der Waals surface area contributed by atoms with Gasteiger partial charge in [0, 0.05) is 60.3 Å². The average Bonchev–Trinajstić information content (AvgIpc) is 2.76. The second-order valence-electron chi connectivity index (χ2n) is 9.36. The smallest absolute Gasteiger partial charge is 0.253 e. The molecule has 0 bridgehead atoms. The van der Waals surface area contributed by atoms with E-state index in [-0.39, 0.29) is 24.1 Å². The number of sulfonamides is 1. The van der Waals surface area contributed by atoms with E-state index in [4.69, 9.17) is 10.4 Å². The normalized spacial score (nSPS) is 15.3. The molecule has 0 atom stereocenters. The number of aromatic nitrogens is 2. The van der Waals surface area contributed by atoms with Crippen LogP contribution in [-0.4, -0.2) is 60.2 Å². The van der Waals surface area contributed by atoms with Gasteiger partial charge in [-0.3, -0.25) is 9.59 Å². The Morgan fingerprint density at radius 3 is 2.49 bits per heavy atom. The number of nitrogens with one attached hydrogen (secondary N) is 4. The van der Waals surface area contributed by atoms with E-state index in [1.807, 2.05) is 26.8 Å². The van der Waals surface area contributed by atoms with Crippen LogP contribution in [-0.2, 0) is 16.6 Å². The molecule has 11 heteroatoms. The van der Waals surface area contributed by atoms with Crippen molar-refractivity contribution >= 4 is 28.0 Å². The minimum Gasteiger partial charge on any atom is -0.367 e. The highest BCUT2D eigenvalue weighted by atomic mass is 32.2. The number of aryl methyl sites for hydroxylation is 2. The Morgan fingerprint density at radius 1 is 1.29 bits per heavy atom. The Morgan fingerprint density at radius 2 is 1.94 bits per heavy atom. The molecule has 0 radical (unpaired) electrons. The SMILES string of the molecule is Cc1cc(C)c(CNC(=O)c2cc(C3CCN(S(C)(=O)=O)CC3)nc(NC(C)C)c2C=N)c(=O)[nH]1. The molecule has 0 unspecified atom stereocenters. The van der Waals surface area contributed by atoms with Crippen molar-refractivity contribution in [3.05, 3.63) is 56.1 Å². The zero-order chi connectivity index (χ0) is 25.9. The lowest BCUT2D eigenvalue weighted by atomic mass is 9.92. The van der Waals surface area contributed by atoms with Gasteiger partial charge < -0.3 is 21.0 Å². The molecule has 1 saturated heterocycles. The molecule has 1 aliphatic rings. The zero-order valence-corrected chi connectivity index (χ0v) is 21.7. The molecule has 35 heavy (non-hydrogen) atoms. The topological polar surface area (TPSA) is 148 Å². The van der Waals surface area contributed by atoms with Crippen LogP contribution in [0.25, 0.3) is 0 Å². The predicted octanol–water partition coefficient (Wildman–Crippen LogP) is 2.27. The predicted molar refractivity (Wildman–Crippen MR) is 137 cm³/mol. The molecular formula is C24H34N6O4S. The third-order valence-corrected chi connectivity index (χ3v) is 7.46. The maximum atomic E-state index is 13.3. The average molecular weight is 503 g/mol. The van der Waals surface area contributed by atoms with Crippen LogP contribution in [0.2, 0.25) is 0 Å². The van der Waals surface area contributed by atoms with Gasteiger partial charge in [-0.2, -0.15) is 0 Å². The zero-order valence-electron chi connectivity index (χ0n) is 20.9. The third kappa shape index (κ3) is 6.34. The number of aromatic amines is 1. The van der Waals surface area contributed by atoms with Gasteiger partial charge in [0.2, 0.25) is 10.0 Å². The van der Waals surface area contributed by atoms with Crippen molar-refractivity contribution in [2.75, 3.05) is 24.7 Å². The molecule has 10 nitrogen and oxygen atoms in total. The number of amides is 1. The Bertz CT molecular complexity index is 1280. The van der Waals surface area contributed by atoms with E-state index in [1.165, 1.54) is 10.6 Å². The molecule has 3 heterocycles. The molecule has 1 fully saturated rings. The van der Waals surface area contributed by atoms with Crippen LogP contribution in [0.1, 0.15) is 71.0 Å². The largest absolute Gasteiger partial charge is 0.367 e. The maximum Gasteiger partial charge on any atom is 0.253 e. The van der Waals surface area contributed by atoms with Crippen LogP contribution in [0, 0.1) is 19.3 Å². The molecule has 2 aromatic heterocycles. The summed E-state index contributed by atoms with van der Waals surface area (Å²) in [4.78, 5) is 33.1. The summed E-state index contributed by atoms with van der Waals surface area (Å²) >= 11 is 0. The van der Waals surface area contributed by atoms with Gasteiger partial charge in [-0.1, -0.05) is 0 Å². The van der Waals surface area contributed by atoms with Crippen molar-refractivity contribution in [3.8, 4) is 0 Å². The standard InChI is InChI=1S/C24H34N6O4S/c1-14(2)27-22-19(12-25)18(23(31)26-13-20-15(3)10-16(4)28-24(20)32)11-21(29-22)17-6-8-30(9-7-17)35(5,33)34/h10-12,14,17,25H,6-9,13H2,1-5H3,(H,26,31)(H,27,29)(H,28,32). The van der Waals surface area contributed by atoms with Gasteiger partial charge in [0.1, 0.15) is 5.82 Å². The van der Waals surface area contributed by atoms with Gasteiger partial charge in [-0.25, -0.2) is 17.7 Å². The highest BCUT2D eigenvalue weighted by Crippen LogP contribution is 2.31. The van der Waals surface area contributed by atoms with Gasteiger partial charge in [-0.05, 0) is 58.2 Å². The summed E-state index contributed by atoms with van der Waals surface area (Å²) in [6.07, 6.45) is 3.49. The first-order valence-corrected chi connectivity index (χ1v) is 13.5. The van der Waals surface area contributed by atoms with Crippen molar-refractivity contribution in [3.63, 3.8) is 0 Å². The highest BCUT2D eigenvalue weighted by Gasteiger charge is 2.28. The Kier molecular flexibility index (Phi) is 8.11. The third-order valence-electron chi connectivity index (χ3n) is 6.15. The molecule has 0 aromatic carbocycles. The van der Waals surface area contributed by atoms with Gasteiger partial charge in [0.05, 0.1) is 11.8 Å². The molecule has 0 saturated carbocycles. The Labute approximate surface area is 206 Å². The summed E-state index contributed by atoms with van der Waals surface area (Å²) in [6, 6.07) is 3.56. The minimum atomic E-state index is -3.25. The Hall–Kier alpha value is -3.05. The summed E-state index contributed by atoms with van der Waals surface area (Å²) in [7, 11) is -3.25. The maximum absolute atomic E-state index is 13.3. The van der Waals surface area contributed by atoms with E-state index < -0.39 is 15.9 Å². The fourth-order valence-electron chi connectivity index (χ4n) is 4.35. The molecule has 1 amide bonds. The van der Waals surface area contributed by atoms with E-state index in [2.05, 4.69) is 15.6 Å². The van der Waals surface area contributed by atoms with Crippen LogP contribution in [0.15, 0.2) is 16.9 Å². The van der Waals surface area contributed by atoms with Gasteiger partial charge in [0.25, 0.3) is 11.5 Å². The Balaban J connectivity index is 1.93. The van der Waals surface area contributed by atoms with E-state index in [9.17, 15) is 18.0 Å². The number of rotatable bonds is 8. The molecule has 2 aromatic rings. The lowest BCUT2D eigenvalue weighted by Crippen LogP contribution is -2.37. The minimum absolute atomic E-state index is 0.0192. The summed E-state index contributed by atoms with van der Waals surface area (Å²) in [5, 5.41) is 14.0. The fraction of sp³-hybridized carbons (Fsp3) is 0.500. The fourth-order valence-corrected chi connectivity index (χ4v) is 5.22. The number of hydrogen-bond acceptors (Lipinski definition) is 7. The number of anilines is 1. The molecule has 190 valence electrons. The first-order valence-electron chi connectivity index (χ1n) is 11.6. The van der Waals surface area contributed by atoms with Crippen molar-refractivity contribution in [1.29, 1.82) is 5.41 Å². The molecular weight excluding hydrogens is 468 g/mol. The van der Waals surface area contributed by atoms with E-state index in [0.29, 0.717) is 54.1 Å². The van der Waals surface area contributed by atoms with Crippen molar-refractivity contribution in [2.45, 2.75) is 59.0 Å². The van der Waals surface area contributed by atoms with Crippen LogP contribution < -0.4 is 16.2 Å². The highest BCUT2D eigenvalue weighted by molar-refractivity contribution is 7.88. The van der Waals surface area contributed by atoms with Crippen LogP contribution in [0.3, 0.4) is 0 Å². The lowest BCUT2D eigenvalue weighted by molar-refractivity contribution is 0.0950. The van der Waals surface area contributed by atoms with Gasteiger partial charge in [-0.15, -0.1) is 0 Å². The number of carbonyl (C=O) groups excluding carboxylic acids is 1. The molecule has 1 aliphatic heterocycles. The van der Waals surface area contributed by atoms with E-state index in [0.717, 1.165) is 17.5 Å². The summed E-state index contributed by atoms with van der Waals surface area (Å²) in [5.74, 6) is 0.00805. The number of carbonyl (C=O) groups is 1. The second kappa shape index (κ2) is 10.7. The monoisotopic (exact) mass is 502 g/mol. The summed E-state index contributed by atoms with van der Waals surface area (Å²) < 4.78 is 25.2. The van der Waals surface area contributed by atoms with Crippen LogP contribution in [0.5, 0.6) is 0 Å². The van der Waals surface area contributed by atoms with Crippen LogP contribution >= 0.6 is 0 Å². The first kappa shape index (κ1) is 26.6. The summed E-state index contributed by atoms with van der Waals surface area (Å²) in [6.45, 7) is 8.34. The molecule has 0 spiro atoms. The molecule has 4 N–H and O–H groups in total. The quantitative estimate of drug-likeness (QED) is 0.407. The second-order valence-corrected chi connectivity index (χ2v) is 11.3. The summed E-state index contributed by atoms with van der Waals surface area (Å²) in [5.41, 5.74) is 3.10.